The van der Waals surface area contributed by atoms with Crippen LogP contribution in [0, 0.1) is 17.6 Å². The molecule has 37 heavy (non-hydrogen) atoms. The van der Waals surface area contributed by atoms with Crippen LogP contribution >= 0.6 is 11.8 Å². The van der Waals surface area contributed by atoms with Crippen LogP contribution in [-0.2, 0) is 17.6 Å². The van der Waals surface area contributed by atoms with Gasteiger partial charge in [-0.25, -0.2) is 13.8 Å². The van der Waals surface area contributed by atoms with Crippen LogP contribution in [-0.4, -0.2) is 16.7 Å². The molecule has 0 saturated carbocycles. The maximum absolute atomic E-state index is 13.7. The number of carboxylic acid groups (broad SMARTS) is 1. The average Bonchev–Trinajstić information content (AvgIpc) is 3.03. The van der Waals surface area contributed by atoms with Gasteiger partial charge in [0, 0.05) is 29.1 Å². The predicted molar refractivity (Wildman–Crippen MR) is 139 cm³/mol. The summed E-state index contributed by atoms with van der Waals surface area (Å²) in [4.78, 5) is 15.8. The van der Waals surface area contributed by atoms with Gasteiger partial charge in [-0.1, -0.05) is 61.5 Å². The first-order valence-electron chi connectivity index (χ1n) is 11.9. The van der Waals surface area contributed by atoms with Crippen LogP contribution in [0.4, 0.5) is 8.78 Å². The van der Waals surface area contributed by atoms with E-state index >= 15 is 0 Å². The van der Waals surface area contributed by atoms with E-state index in [9.17, 15) is 18.7 Å². The number of aryl methyl sites for hydroxylation is 2. The van der Waals surface area contributed by atoms with Crippen molar-refractivity contribution in [3.63, 3.8) is 0 Å². The monoisotopic (exact) mass is 523 g/mol. The molecular formula is C30H24F2NNaO2S. The van der Waals surface area contributed by atoms with Crippen molar-refractivity contribution in [3.05, 3.63) is 112 Å². The van der Waals surface area contributed by atoms with Crippen molar-refractivity contribution >= 4 is 40.8 Å². The molecule has 0 saturated heterocycles. The maximum Gasteiger partial charge on any atom is 1.00 e. The van der Waals surface area contributed by atoms with Crippen LogP contribution < -0.4 is 34.7 Å². The van der Waals surface area contributed by atoms with Crippen molar-refractivity contribution in [2.45, 2.75) is 25.0 Å². The Labute approximate surface area is 241 Å². The van der Waals surface area contributed by atoms with Crippen molar-refractivity contribution < 1.29 is 48.2 Å². The predicted octanol–water partition coefficient (Wildman–Crippen LogP) is 2.99. The Morgan fingerprint density at radius 2 is 1.73 bits per heavy atom. The first-order chi connectivity index (χ1) is 17.4. The van der Waals surface area contributed by atoms with Crippen molar-refractivity contribution in [1.29, 1.82) is 0 Å². The maximum atomic E-state index is 13.7. The van der Waals surface area contributed by atoms with Gasteiger partial charge in [0.25, 0.3) is 0 Å². The summed E-state index contributed by atoms with van der Waals surface area (Å²) in [6, 6.07) is 20.5. The molecule has 1 aliphatic carbocycles. The minimum absolute atomic E-state index is 0. The number of rotatable bonds is 6. The number of benzene rings is 3. The molecule has 3 aromatic carbocycles. The van der Waals surface area contributed by atoms with Gasteiger partial charge in [0.1, 0.15) is 0 Å². The molecule has 0 aliphatic heterocycles. The second-order valence-electron chi connectivity index (χ2n) is 9.12. The van der Waals surface area contributed by atoms with Gasteiger partial charge in [0.05, 0.1) is 16.5 Å². The van der Waals surface area contributed by atoms with Gasteiger partial charge in [0.2, 0.25) is 0 Å². The zero-order valence-corrected chi connectivity index (χ0v) is 23.5. The number of aliphatic carboxylic acids is 1. The smallest absolute Gasteiger partial charge is 0.550 e. The van der Waals surface area contributed by atoms with Crippen LogP contribution in [0.1, 0.15) is 45.7 Å². The van der Waals surface area contributed by atoms with Gasteiger partial charge < -0.3 is 9.90 Å². The van der Waals surface area contributed by atoms with Crippen molar-refractivity contribution in [1.82, 2.24) is 4.98 Å². The Balaban J connectivity index is 0.00000320. The Hall–Kier alpha value is -2.51. The van der Waals surface area contributed by atoms with E-state index in [1.165, 1.54) is 22.3 Å². The normalized spacial score (nSPS) is 15.5. The molecule has 5 rings (SSSR count). The number of hydrogen-bond acceptors (Lipinski definition) is 4. The molecule has 3 nitrogen and oxygen atoms in total. The van der Waals surface area contributed by atoms with Crippen LogP contribution in [0.15, 0.2) is 66.7 Å². The summed E-state index contributed by atoms with van der Waals surface area (Å²) >= 11 is 1.64. The van der Waals surface area contributed by atoms with E-state index in [0.29, 0.717) is 22.3 Å². The summed E-state index contributed by atoms with van der Waals surface area (Å²) in [6.07, 6.45) is 5.66. The van der Waals surface area contributed by atoms with Gasteiger partial charge in [0.15, 0.2) is 11.6 Å². The van der Waals surface area contributed by atoms with Gasteiger partial charge in [-0.15, -0.1) is 11.8 Å². The second-order valence-corrected chi connectivity index (χ2v) is 10.3. The number of carbonyl (C=O) groups excluding carboxylic acids is 1. The standard InChI is InChI=1S/C30H25F2NO2S.Na/c1-18(30(34)35)17-36-29-24-5-3-2-4-20(24)9-10-21-8-6-19(14-25(21)29)7-12-23-13-11-22-15-26(31)27(32)16-28(22)33-23;/h2-8,11-16,18,29H,9-10,17H2,1H3,(H,34,35);/q;+1/p-1/b12-7+;. The molecule has 0 N–H and O–H groups in total. The molecule has 0 bridgehead atoms. The molecule has 0 radical (unpaired) electrons. The van der Waals surface area contributed by atoms with E-state index in [1.807, 2.05) is 24.3 Å². The average molecular weight is 524 g/mol. The number of aromatic nitrogens is 1. The quantitative estimate of drug-likeness (QED) is 0.365. The van der Waals surface area contributed by atoms with Gasteiger partial charge in [-0.2, -0.15) is 0 Å². The molecule has 0 fully saturated rings. The van der Waals surface area contributed by atoms with Crippen LogP contribution in [0.3, 0.4) is 0 Å². The Morgan fingerprint density at radius 3 is 2.51 bits per heavy atom. The number of hydrogen-bond donors (Lipinski definition) is 0. The number of pyridine rings is 1. The van der Waals surface area contributed by atoms with Gasteiger partial charge in [-0.05, 0) is 58.9 Å². The van der Waals surface area contributed by atoms with E-state index in [2.05, 4.69) is 35.3 Å². The fourth-order valence-electron chi connectivity index (χ4n) is 4.54. The SMILES string of the molecule is CC(CSC1c2ccccc2CCc2ccc(/C=C/c3ccc4cc(F)c(F)cc4n3)cc21)C(=O)[O-].[Na+]. The summed E-state index contributed by atoms with van der Waals surface area (Å²) < 4.78 is 27.2. The first kappa shape index (κ1) is 27.5. The van der Waals surface area contributed by atoms with E-state index in [0.717, 1.165) is 30.5 Å². The number of nitrogens with zero attached hydrogens (tertiary/aromatic N) is 1. The minimum Gasteiger partial charge on any atom is -0.550 e. The van der Waals surface area contributed by atoms with Crippen molar-refractivity contribution in [3.8, 4) is 0 Å². The number of thioether (sulfide) groups is 1. The Bertz CT molecular complexity index is 1490. The first-order valence-corrected chi connectivity index (χ1v) is 12.9. The minimum atomic E-state index is -1.04. The molecule has 1 heterocycles. The Morgan fingerprint density at radius 1 is 1.00 bits per heavy atom. The molecule has 7 heteroatoms. The van der Waals surface area contributed by atoms with Crippen molar-refractivity contribution in [2.24, 2.45) is 5.92 Å². The van der Waals surface area contributed by atoms with E-state index < -0.39 is 23.5 Å². The third-order valence-corrected chi connectivity index (χ3v) is 8.10. The molecular weight excluding hydrogens is 499 g/mol. The molecule has 4 aromatic rings. The van der Waals surface area contributed by atoms with E-state index in [-0.39, 0.29) is 34.8 Å². The van der Waals surface area contributed by atoms with E-state index in [1.54, 1.807) is 30.8 Å². The molecule has 0 amide bonds. The summed E-state index contributed by atoms with van der Waals surface area (Å²) in [5.41, 5.74) is 6.96. The molecule has 182 valence electrons. The van der Waals surface area contributed by atoms with Crippen molar-refractivity contribution in [2.75, 3.05) is 5.75 Å². The zero-order chi connectivity index (χ0) is 25.2. The fraction of sp³-hybridized carbons (Fsp3) is 0.200. The largest absolute Gasteiger partial charge is 1.00 e. The summed E-state index contributed by atoms with van der Waals surface area (Å²) in [7, 11) is 0. The number of fused-ring (bicyclic) bond motifs is 3. The van der Waals surface area contributed by atoms with Crippen LogP contribution in [0.2, 0.25) is 0 Å². The summed E-state index contributed by atoms with van der Waals surface area (Å²) in [5, 5.41) is 11.9. The fourth-order valence-corrected chi connectivity index (χ4v) is 5.97. The molecule has 1 aliphatic rings. The number of carboxylic acids is 1. The van der Waals surface area contributed by atoms with E-state index in [4.69, 9.17) is 0 Å². The third-order valence-electron chi connectivity index (χ3n) is 6.57. The molecule has 0 spiro atoms. The topological polar surface area (TPSA) is 53.0 Å². The third kappa shape index (κ3) is 6.15. The molecule has 2 atom stereocenters. The summed E-state index contributed by atoms with van der Waals surface area (Å²) in [5.74, 6) is -2.93. The molecule has 2 unspecified atom stereocenters. The second kappa shape index (κ2) is 11.9. The van der Waals surface area contributed by atoms with Crippen LogP contribution in [0.5, 0.6) is 0 Å². The zero-order valence-electron chi connectivity index (χ0n) is 20.7. The van der Waals surface area contributed by atoms with Gasteiger partial charge >= 0.3 is 29.6 Å². The summed E-state index contributed by atoms with van der Waals surface area (Å²) in [6.45, 7) is 1.68. The van der Waals surface area contributed by atoms with Crippen LogP contribution in [0.25, 0.3) is 23.1 Å². The van der Waals surface area contributed by atoms with Gasteiger partial charge in [-0.3, -0.25) is 0 Å². The Kier molecular flexibility index (Phi) is 8.86. The molecule has 1 aromatic heterocycles. The number of halogens is 2. The number of carbonyl (C=O) groups is 1.